The highest BCUT2D eigenvalue weighted by Crippen LogP contribution is 2.15. The molecular formula is C13H17BrClNO. The minimum Gasteiger partial charge on any atom is -0.352 e. The van der Waals surface area contributed by atoms with Gasteiger partial charge in [0.15, 0.2) is 0 Å². The molecule has 94 valence electrons. The normalized spacial score (nSPS) is 10.3. The highest BCUT2D eigenvalue weighted by atomic mass is 79.9. The topological polar surface area (TPSA) is 29.1 Å². The Morgan fingerprint density at radius 1 is 1.35 bits per heavy atom. The van der Waals surface area contributed by atoms with Crippen molar-refractivity contribution in [1.82, 2.24) is 5.32 Å². The number of carbonyl (C=O) groups is 1. The summed E-state index contributed by atoms with van der Waals surface area (Å²) in [6, 6.07) is 5.32. The van der Waals surface area contributed by atoms with Gasteiger partial charge in [-0.1, -0.05) is 34.0 Å². The van der Waals surface area contributed by atoms with Crippen molar-refractivity contribution in [2.45, 2.75) is 26.2 Å². The quantitative estimate of drug-likeness (QED) is 0.624. The molecule has 4 heteroatoms. The van der Waals surface area contributed by atoms with Gasteiger partial charge < -0.3 is 5.32 Å². The van der Waals surface area contributed by atoms with Crippen molar-refractivity contribution < 1.29 is 4.79 Å². The molecule has 1 aromatic carbocycles. The van der Waals surface area contributed by atoms with Crippen molar-refractivity contribution in [1.29, 1.82) is 0 Å². The number of halogens is 2. The third-order valence-corrected chi connectivity index (χ3v) is 3.32. The van der Waals surface area contributed by atoms with Gasteiger partial charge in [0.25, 0.3) is 5.91 Å². The van der Waals surface area contributed by atoms with Crippen molar-refractivity contribution in [3.63, 3.8) is 0 Å². The molecule has 0 saturated heterocycles. The third kappa shape index (κ3) is 5.09. The van der Waals surface area contributed by atoms with Crippen molar-refractivity contribution in [3.05, 3.63) is 34.3 Å². The number of nitrogens with one attached hydrogen (secondary N) is 1. The van der Waals surface area contributed by atoms with Crippen LogP contribution in [0.1, 0.15) is 35.2 Å². The summed E-state index contributed by atoms with van der Waals surface area (Å²) in [5.41, 5.74) is 1.62. The van der Waals surface area contributed by atoms with Gasteiger partial charge in [0, 0.05) is 22.5 Å². The van der Waals surface area contributed by atoms with Crippen LogP contribution in [0.4, 0.5) is 0 Å². The first-order valence-corrected chi connectivity index (χ1v) is 7.25. The zero-order valence-corrected chi connectivity index (χ0v) is 12.3. The van der Waals surface area contributed by atoms with Crippen LogP contribution in [-0.4, -0.2) is 17.8 Å². The minimum atomic E-state index is -0.0157. The maximum absolute atomic E-state index is 11.8. The monoisotopic (exact) mass is 317 g/mol. The summed E-state index contributed by atoms with van der Waals surface area (Å²) in [6.07, 6.45) is 3.30. The summed E-state index contributed by atoms with van der Waals surface area (Å²) in [7, 11) is 0. The molecule has 0 bridgehead atoms. The molecule has 1 N–H and O–H groups in total. The van der Waals surface area contributed by atoms with Crippen LogP contribution in [0.3, 0.4) is 0 Å². The van der Waals surface area contributed by atoms with Crippen LogP contribution < -0.4 is 5.32 Å². The van der Waals surface area contributed by atoms with Crippen molar-refractivity contribution in [2.75, 3.05) is 11.9 Å². The number of hydrogen-bond donors (Lipinski definition) is 1. The highest BCUT2D eigenvalue weighted by molar-refractivity contribution is 9.09. The van der Waals surface area contributed by atoms with E-state index in [4.69, 9.17) is 11.6 Å². The number of aryl methyl sites for hydroxylation is 1. The molecule has 0 aliphatic carbocycles. The molecule has 0 fully saturated rings. The number of alkyl halides is 1. The Balaban J connectivity index is 2.42. The Kier molecular flexibility index (Phi) is 6.60. The summed E-state index contributed by atoms with van der Waals surface area (Å²) in [5.74, 6) is -0.0157. The molecular weight excluding hydrogens is 302 g/mol. The summed E-state index contributed by atoms with van der Waals surface area (Å²) in [4.78, 5) is 11.8. The largest absolute Gasteiger partial charge is 0.352 e. The molecule has 0 spiro atoms. The minimum absolute atomic E-state index is 0.0157. The lowest BCUT2D eigenvalue weighted by atomic mass is 10.1. The maximum atomic E-state index is 11.8. The SMILES string of the molecule is Cc1cc(Cl)ccc1C(=O)NCCCCCBr. The van der Waals surface area contributed by atoms with Gasteiger partial charge in [0.1, 0.15) is 0 Å². The summed E-state index contributed by atoms with van der Waals surface area (Å²) < 4.78 is 0. The maximum Gasteiger partial charge on any atom is 0.251 e. The second kappa shape index (κ2) is 7.72. The molecule has 0 saturated carbocycles. The van der Waals surface area contributed by atoms with E-state index in [1.54, 1.807) is 18.2 Å². The molecule has 17 heavy (non-hydrogen) atoms. The summed E-state index contributed by atoms with van der Waals surface area (Å²) in [5, 5.41) is 4.61. The van der Waals surface area contributed by atoms with E-state index in [1.165, 1.54) is 0 Å². The standard InChI is InChI=1S/C13H17BrClNO/c1-10-9-11(15)5-6-12(10)13(17)16-8-4-2-3-7-14/h5-6,9H,2-4,7-8H2,1H3,(H,16,17). The zero-order valence-electron chi connectivity index (χ0n) is 9.93. The first kappa shape index (κ1) is 14.5. The van der Waals surface area contributed by atoms with E-state index >= 15 is 0 Å². The molecule has 0 aliphatic rings. The van der Waals surface area contributed by atoms with Gasteiger partial charge in [-0.25, -0.2) is 0 Å². The fraction of sp³-hybridized carbons (Fsp3) is 0.462. The van der Waals surface area contributed by atoms with Crippen LogP contribution in [0.15, 0.2) is 18.2 Å². The lowest BCUT2D eigenvalue weighted by molar-refractivity contribution is 0.0952. The fourth-order valence-corrected chi connectivity index (χ4v) is 2.20. The predicted octanol–water partition coefficient (Wildman–Crippen LogP) is 3.94. The number of unbranched alkanes of at least 4 members (excludes halogenated alkanes) is 2. The lowest BCUT2D eigenvalue weighted by Gasteiger charge is -2.07. The highest BCUT2D eigenvalue weighted by Gasteiger charge is 2.07. The van der Waals surface area contributed by atoms with E-state index < -0.39 is 0 Å². The average Bonchev–Trinajstić information content (AvgIpc) is 2.28. The van der Waals surface area contributed by atoms with Gasteiger partial charge in [0.05, 0.1) is 0 Å². The second-order valence-electron chi connectivity index (χ2n) is 3.96. The molecule has 2 nitrogen and oxygen atoms in total. The zero-order chi connectivity index (χ0) is 12.7. The summed E-state index contributed by atoms with van der Waals surface area (Å²) in [6.45, 7) is 2.62. The Bertz CT molecular complexity index is 382. The Hall–Kier alpha value is -0.540. The molecule has 0 aromatic heterocycles. The first-order chi connectivity index (χ1) is 8.15. The Morgan fingerprint density at radius 3 is 2.76 bits per heavy atom. The second-order valence-corrected chi connectivity index (χ2v) is 5.19. The smallest absolute Gasteiger partial charge is 0.251 e. The third-order valence-electron chi connectivity index (χ3n) is 2.53. The van der Waals surface area contributed by atoms with Crippen molar-refractivity contribution in [2.24, 2.45) is 0 Å². The Morgan fingerprint density at radius 2 is 2.12 bits per heavy atom. The lowest BCUT2D eigenvalue weighted by Crippen LogP contribution is -2.25. The van der Waals surface area contributed by atoms with Gasteiger partial charge >= 0.3 is 0 Å². The van der Waals surface area contributed by atoms with Crippen LogP contribution in [0.2, 0.25) is 5.02 Å². The van der Waals surface area contributed by atoms with E-state index in [0.717, 1.165) is 36.7 Å². The molecule has 0 unspecified atom stereocenters. The van der Waals surface area contributed by atoms with Gasteiger partial charge in [0.2, 0.25) is 0 Å². The molecule has 0 atom stereocenters. The number of hydrogen-bond acceptors (Lipinski definition) is 1. The average molecular weight is 319 g/mol. The number of benzene rings is 1. The number of carbonyl (C=O) groups excluding carboxylic acids is 1. The molecule has 0 radical (unpaired) electrons. The fourth-order valence-electron chi connectivity index (χ4n) is 1.58. The summed E-state index contributed by atoms with van der Waals surface area (Å²) >= 11 is 9.23. The van der Waals surface area contributed by atoms with Gasteiger partial charge in [-0.2, -0.15) is 0 Å². The van der Waals surface area contributed by atoms with E-state index in [9.17, 15) is 4.79 Å². The number of rotatable bonds is 6. The van der Waals surface area contributed by atoms with Crippen molar-refractivity contribution in [3.8, 4) is 0 Å². The molecule has 1 rings (SSSR count). The predicted molar refractivity (Wildman–Crippen MR) is 76.2 cm³/mol. The molecule has 0 heterocycles. The van der Waals surface area contributed by atoms with Crippen LogP contribution >= 0.6 is 27.5 Å². The van der Waals surface area contributed by atoms with E-state index in [-0.39, 0.29) is 5.91 Å². The first-order valence-electron chi connectivity index (χ1n) is 5.75. The molecule has 1 amide bonds. The van der Waals surface area contributed by atoms with E-state index in [2.05, 4.69) is 21.2 Å². The number of amides is 1. The van der Waals surface area contributed by atoms with Crippen molar-refractivity contribution >= 4 is 33.4 Å². The van der Waals surface area contributed by atoms with Crippen LogP contribution in [0.5, 0.6) is 0 Å². The Labute approximate surface area is 116 Å². The molecule has 0 aliphatic heterocycles. The van der Waals surface area contributed by atoms with Crippen LogP contribution in [-0.2, 0) is 0 Å². The van der Waals surface area contributed by atoms with Gasteiger partial charge in [-0.05, 0) is 43.5 Å². The van der Waals surface area contributed by atoms with Gasteiger partial charge in [-0.3, -0.25) is 4.79 Å². The van der Waals surface area contributed by atoms with E-state index in [0.29, 0.717) is 10.6 Å². The van der Waals surface area contributed by atoms with Crippen LogP contribution in [0, 0.1) is 6.92 Å². The van der Waals surface area contributed by atoms with E-state index in [1.807, 2.05) is 6.92 Å². The van der Waals surface area contributed by atoms with Crippen LogP contribution in [0.25, 0.3) is 0 Å². The van der Waals surface area contributed by atoms with Gasteiger partial charge in [-0.15, -0.1) is 0 Å². The molecule has 1 aromatic rings.